The van der Waals surface area contributed by atoms with Gasteiger partial charge in [0.15, 0.2) is 0 Å². The van der Waals surface area contributed by atoms with Gasteiger partial charge in [-0.3, -0.25) is 0 Å². The number of benzene rings is 1. The molecule has 0 saturated carbocycles. The first kappa shape index (κ1) is 12.3. The normalized spacial score (nSPS) is 13.1. The standard InChI is InChI=1S/C14H23N/c1-4-8-14(11-15-12(2)3)13-9-6-5-7-10-13/h5-7,9-10,12,14-15H,4,8,11H2,1-3H3. The Kier molecular flexibility index (Phi) is 5.41. The van der Waals surface area contributed by atoms with Crippen LogP contribution < -0.4 is 5.32 Å². The molecule has 0 aliphatic carbocycles. The second-order valence-electron chi connectivity index (χ2n) is 4.46. The quantitative estimate of drug-likeness (QED) is 0.748. The maximum Gasteiger partial charge on any atom is 0.00225 e. The van der Waals surface area contributed by atoms with Gasteiger partial charge in [0.25, 0.3) is 0 Å². The summed E-state index contributed by atoms with van der Waals surface area (Å²) < 4.78 is 0. The van der Waals surface area contributed by atoms with E-state index in [1.165, 1.54) is 18.4 Å². The van der Waals surface area contributed by atoms with E-state index in [4.69, 9.17) is 0 Å². The van der Waals surface area contributed by atoms with Crippen LogP contribution in [0.1, 0.15) is 45.1 Å². The first-order valence-electron chi connectivity index (χ1n) is 6.02. The van der Waals surface area contributed by atoms with Crippen LogP contribution in [0, 0.1) is 0 Å². The Morgan fingerprint density at radius 1 is 1.13 bits per heavy atom. The van der Waals surface area contributed by atoms with Crippen molar-refractivity contribution in [1.82, 2.24) is 5.32 Å². The van der Waals surface area contributed by atoms with Crippen molar-refractivity contribution in [3.63, 3.8) is 0 Å². The van der Waals surface area contributed by atoms with Gasteiger partial charge in [-0.25, -0.2) is 0 Å². The average molecular weight is 205 g/mol. The van der Waals surface area contributed by atoms with E-state index in [1.807, 2.05) is 0 Å². The lowest BCUT2D eigenvalue weighted by molar-refractivity contribution is 0.504. The number of hydrogen-bond donors (Lipinski definition) is 1. The van der Waals surface area contributed by atoms with E-state index >= 15 is 0 Å². The zero-order chi connectivity index (χ0) is 11.1. The van der Waals surface area contributed by atoms with E-state index in [-0.39, 0.29) is 0 Å². The summed E-state index contributed by atoms with van der Waals surface area (Å²) in [4.78, 5) is 0. The predicted molar refractivity (Wildman–Crippen MR) is 67.2 cm³/mol. The minimum atomic E-state index is 0.577. The van der Waals surface area contributed by atoms with Crippen LogP contribution in [0.2, 0.25) is 0 Å². The molecular weight excluding hydrogens is 182 g/mol. The fraction of sp³-hybridized carbons (Fsp3) is 0.571. The van der Waals surface area contributed by atoms with E-state index in [0.717, 1.165) is 6.54 Å². The van der Waals surface area contributed by atoms with Crippen molar-refractivity contribution in [3.05, 3.63) is 35.9 Å². The molecule has 1 N–H and O–H groups in total. The van der Waals surface area contributed by atoms with Crippen LogP contribution in [0.15, 0.2) is 30.3 Å². The average Bonchev–Trinajstić information content (AvgIpc) is 2.25. The number of nitrogens with one attached hydrogen (secondary N) is 1. The molecule has 0 aliphatic heterocycles. The molecule has 0 saturated heterocycles. The molecule has 1 heteroatoms. The molecule has 0 aliphatic rings. The van der Waals surface area contributed by atoms with Crippen molar-refractivity contribution in [3.8, 4) is 0 Å². The Morgan fingerprint density at radius 3 is 2.33 bits per heavy atom. The lowest BCUT2D eigenvalue weighted by atomic mass is 9.94. The molecule has 1 atom stereocenters. The van der Waals surface area contributed by atoms with E-state index in [1.54, 1.807) is 0 Å². The maximum atomic E-state index is 3.53. The van der Waals surface area contributed by atoms with E-state index in [9.17, 15) is 0 Å². The summed E-state index contributed by atoms with van der Waals surface area (Å²) in [6.07, 6.45) is 2.52. The number of rotatable bonds is 6. The molecule has 0 fully saturated rings. The Bertz CT molecular complexity index is 253. The molecule has 0 radical (unpaired) electrons. The molecule has 15 heavy (non-hydrogen) atoms. The highest BCUT2D eigenvalue weighted by molar-refractivity contribution is 5.19. The third kappa shape index (κ3) is 4.48. The summed E-state index contributed by atoms with van der Waals surface area (Å²) >= 11 is 0. The Balaban J connectivity index is 2.57. The van der Waals surface area contributed by atoms with Crippen molar-refractivity contribution in [2.45, 2.75) is 45.6 Å². The molecule has 0 bridgehead atoms. The minimum Gasteiger partial charge on any atom is -0.314 e. The van der Waals surface area contributed by atoms with Gasteiger partial charge in [0.1, 0.15) is 0 Å². The Morgan fingerprint density at radius 2 is 1.80 bits per heavy atom. The lowest BCUT2D eigenvalue weighted by Crippen LogP contribution is -2.28. The largest absolute Gasteiger partial charge is 0.314 e. The molecule has 84 valence electrons. The molecule has 0 aromatic heterocycles. The highest BCUT2D eigenvalue weighted by Crippen LogP contribution is 2.20. The Hall–Kier alpha value is -0.820. The summed E-state index contributed by atoms with van der Waals surface area (Å²) in [5.41, 5.74) is 1.47. The molecule has 0 heterocycles. The maximum absolute atomic E-state index is 3.53. The van der Waals surface area contributed by atoms with Gasteiger partial charge >= 0.3 is 0 Å². The van der Waals surface area contributed by atoms with E-state index in [0.29, 0.717) is 12.0 Å². The summed E-state index contributed by atoms with van der Waals surface area (Å²) in [7, 11) is 0. The SMILES string of the molecule is CCCC(CNC(C)C)c1ccccc1. The fourth-order valence-electron chi connectivity index (χ4n) is 1.84. The van der Waals surface area contributed by atoms with E-state index < -0.39 is 0 Å². The first-order valence-corrected chi connectivity index (χ1v) is 6.02. The van der Waals surface area contributed by atoms with Crippen LogP contribution in [0.25, 0.3) is 0 Å². The topological polar surface area (TPSA) is 12.0 Å². The third-order valence-corrected chi connectivity index (χ3v) is 2.68. The van der Waals surface area contributed by atoms with Crippen LogP contribution in [-0.4, -0.2) is 12.6 Å². The van der Waals surface area contributed by atoms with Crippen molar-refractivity contribution < 1.29 is 0 Å². The summed E-state index contributed by atoms with van der Waals surface area (Å²) in [6, 6.07) is 11.4. The van der Waals surface area contributed by atoms with Crippen molar-refractivity contribution >= 4 is 0 Å². The van der Waals surface area contributed by atoms with Crippen LogP contribution in [-0.2, 0) is 0 Å². The molecule has 0 amide bonds. The molecule has 1 aromatic carbocycles. The van der Waals surface area contributed by atoms with Gasteiger partial charge in [0, 0.05) is 12.6 Å². The van der Waals surface area contributed by atoms with Gasteiger partial charge in [-0.15, -0.1) is 0 Å². The monoisotopic (exact) mass is 205 g/mol. The molecule has 1 unspecified atom stereocenters. The molecule has 1 rings (SSSR count). The predicted octanol–water partition coefficient (Wildman–Crippen LogP) is 3.57. The zero-order valence-electron chi connectivity index (χ0n) is 10.2. The second kappa shape index (κ2) is 6.62. The van der Waals surface area contributed by atoms with Crippen LogP contribution in [0.4, 0.5) is 0 Å². The molecule has 1 nitrogen and oxygen atoms in total. The number of hydrogen-bond acceptors (Lipinski definition) is 1. The van der Waals surface area contributed by atoms with Gasteiger partial charge in [-0.1, -0.05) is 57.5 Å². The van der Waals surface area contributed by atoms with Gasteiger partial charge in [-0.2, -0.15) is 0 Å². The smallest absolute Gasteiger partial charge is 0.00225 e. The van der Waals surface area contributed by atoms with Gasteiger partial charge in [0.05, 0.1) is 0 Å². The Labute approximate surface area is 93.9 Å². The van der Waals surface area contributed by atoms with Crippen LogP contribution in [0.5, 0.6) is 0 Å². The highest BCUT2D eigenvalue weighted by atomic mass is 14.9. The molecular formula is C14H23N. The molecule has 0 spiro atoms. The van der Waals surface area contributed by atoms with E-state index in [2.05, 4.69) is 56.4 Å². The third-order valence-electron chi connectivity index (χ3n) is 2.68. The van der Waals surface area contributed by atoms with Crippen LogP contribution >= 0.6 is 0 Å². The highest BCUT2D eigenvalue weighted by Gasteiger charge is 2.09. The van der Waals surface area contributed by atoms with Gasteiger partial charge in [0.2, 0.25) is 0 Å². The van der Waals surface area contributed by atoms with Crippen molar-refractivity contribution in [1.29, 1.82) is 0 Å². The summed E-state index contributed by atoms with van der Waals surface area (Å²) in [5.74, 6) is 0.665. The van der Waals surface area contributed by atoms with Gasteiger partial charge < -0.3 is 5.32 Å². The summed E-state index contributed by atoms with van der Waals surface area (Å²) in [6.45, 7) is 7.75. The zero-order valence-corrected chi connectivity index (χ0v) is 10.2. The first-order chi connectivity index (χ1) is 7.24. The lowest BCUT2D eigenvalue weighted by Gasteiger charge is -2.19. The summed E-state index contributed by atoms with van der Waals surface area (Å²) in [5, 5.41) is 3.53. The second-order valence-corrected chi connectivity index (χ2v) is 4.46. The van der Waals surface area contributed by atoms with Crippen LogP contribution in [0.3, 0.4) is 0 Å². The fourth-order valence-corrected chi connectivity index (χ4v) is 1.84. The van der Waals surface area contributed by atoms with Crippen molar-refractivity contribution in [2.75, 3.05) is 6.54 Å². The van der Waals surface area contributed by atoms with Crippen molar-refractivity contribution in [2.24, 2.45) is 0 Å². The van der Waals surface area contributed by atoms with Gasteiger partial charge in [-0.05, 0) is 17.9 Å². The molecule has 1 aromatic rings. The minimum absolute atomic E-state index is 0.577.